The minimum Gasteiger partial charge on any atom is -0.386 e. The first-order chi connectivity index (χ1) is 8.63. The summed E-state index contributed by atoms with van der Waals surface area (Å²) in [5, 5.41) is 19.5. The van der Waals surface area contributed by atoms with Crippen molar-refractivity contribution in [1.29, 1.82) is 5.26 Å². The molecule has 0 radical (unpaired) electrons. The Bertz CT molecular complexity index is 475. The van der Waals surface area contributed by atoms with Gasteiger partial charge < -0.3 is 10.0 Å². The van der Waals surface area contributed by atoms with Crippen LogP contribution in [0.2, 0.25) is 0 Å². The van der Waals surface area contributed by atoms with E-state index in [1.54, 1.807) is 11.8 Å². The highest BCUT2D eigenvalue weighted by Gasteiger charge is 2.41. The molecule has 3 nitrogen and oxygen atoms in total. The molecule has 1 saturated heterocycles. The number of nitriles is 1. The number of benzene rings is 1. The predicted molar refractivity (Wildman–Crippen MR) is 75.0 cm³/mol. The summed E-state index contributed by atoms with van der Waals surface area (Å²) in [6, 6.07) is 8.18. The number of rotatable bonds is 4. The Morgan fingerprint density at radius 2 is 2.22 bits per heavy atom. The van der Waals surface area contributed by atoms with E-state index in [2.05, 4.69) is 17.9 Å². The Kier molecular flexibility index (Phi) is 3.84. The molecule has 0 aliphatic carbocycles. The van der Waals surface area contributed by atoms with E-state index in [0.717, 1.165) is 29.0 Å². The molecule has 4 heteroatoms. The monoisotopic (exact) mass is 262 g/mol. The van der Waals surface area contributed by atoms with Gasteiger partial charge in [-0.05, 0) is 24.8 Å². The quantitative estimate of drug-likeness (QED) is 0.847. The topological polar surface area (TPSA) is 47.3 Å². The lowest BCUT2D eigenvalue weighted by molar-refractivity contribution is 0.00336. The minimum absolute atomic E-state index is 0.559. The van der Waals surface area contributed by atoms with E-state index in [1.165, 1.54) is 0 Å². The minimum atomic E-state index is -0.559. The molecule has 0 bridgehead atoms. The van der Waals surface area contributed by atoms with Crippen LogP contribution < -0.4 is 4.90 Å². The molecule has 0 saturated carbocycles. The van der Waals surface area contributed by atoms with Crippen molar-refractivity contribution in [3.63, 3.8) is 0 Å². The van der Waals surface area contributed by atoms with Crippen molar-refractivity contribution in [2.45, 2.75) is 30.3 Å². The van der Waals surface area contributed by atoms with Gasteiger partial charge in [-0.2, -0.15) is 5.26 Å². The maximum atomic E-state index is 10.2. The first-order valence-electron chi connectivity index (χ1n) is 6.18. The molecule has 1 N–H and O–H groups in total. The lowest BCUT2D eigenvalue weighted by atomic mass is 9.88. The van der Waals surface area contributed by atoms with Gasteiger partial charge in [-0.25, -0.2) is 0 Å². The van der Waals surface area contributed by atoms with Crippen LogP contribution in [0.4, 0.5) is 5.69 Å². The molecule has 0 amide bonds. The Hall–Kier alpha value is -1.18. The number of hydrogen-bond acceptors (Lipinski definition) is 4. The molecule has 1 fully saturated rings. The summed E-state index contributed by atoms with van der Waals surface area (Å²) in [6.07, 6.45) is 3.79. The molecule has 0 atom stereocenters. The second-order valence-electron chi connectivity index (χ2n) is 4.80. The number of nitrogens with zero attached hydrogens (tertiary/aromatic N) is 2. The van der Waals surface area contributed by atoms with Gasteiger partial charge in [0.15, 0.2) is 0 Å². The third-order valence-corrected chi connectivity index (χ3v) is 4.14. The highest BCUT2D eigenvalue weighted by molar-refractivity contribution is 7.98. The summed E-state index contributed by atoms with van der Waals surface area (Å²) in [5.41, 5.74) is 1.12. The summed E-state index contributed by atoms with van der Waals surface area (Å²) < 4.78 is 0. The van der Waals surface area contributed by atoms with Crippen LogP contribution in [0.1, 0.15) is 25.3 Å². The van der Waals surface area contributed by atoms with Gasteiger partial charge in [-0.1, -0.05) is 19.4 Å². The van der Waals surface area contributed by atoms with Gasteiger partial charge in [-0.3, -0.25) is 0 Å². The van der Waals surface area contributed by atoms with Crippen molar-refractivity contribution < 1.29 is 5.11 Å². The molecule has 1 aromatic carbocycles. The molecule has 18 heavy (non-hydrogen) atoms. The Morgan fingerprint density at radius 1 is 1.50 bits per heavy atom. The zero-order chi connectivity index (χ0) is 13.2. The number of β-amino-alcohol motifs (C(OH)–C–C–N with tert-alkyl or cyclic N) is 1. The largest absolute Gasteiger partial charge is 0.386 e. The van der Waals surface area contributed by atoms with Crippen LogP contribution in [0, 0.1) is 11.3 Å². The molecule has 0 unspecified atom stereocenters. The van der Waals surface area contributed by atoms with Crippen molar-refractivity contribution in [2.75, 3.05) is 24.2 Å². The van der Waals surface area contributed by atoms with Crippen molar-refractivity contribution in [1.82, 2.24) is 0 Å². The zero-order valence-corrected chi connectivity index (χ0v) is 11.6. The van der Waals surface area contributed by atoms with Crippen LogP contribution in [0.3, 0.4) is 0 Å². The highest BCUT2D eigenvalue weighted by atomic mass is 32.2. The van der Waals surface area contributed by atoms with E-state index in [9.17, 15) is 10.4 Å². The summed E-state index contributed by atoms with van der Waals surface area (Å²) in [7, 11) is 0. The van der Waals surface area contributed by atoms with Crippen molar-refractivity contribution in [2.24, 2.45) is 0 Å². The van der Waals surface area contributed by atoms with Crippen LogP contribution >= 0.6 is 11.8 Å². The molecule has 96 valence electrons. The smallest absolute Gasteiger partial charge is 0.103 e. The van der Waals surface area contributed by atoms with Crippen molar-refractivity contribution in [3.8, 4) is 6.07 Å². The molecular formula is C14H18N2OS. The van der Waals surface area contributed by atoms with Gasteiger partial charge in [-0.15, -0.1) is 11.8 Å². The van der Waals surface area contributed by atoms with E-state index >= 15 is 0 Å². The lowest BCUT2D eigenvalue weighted by Crippen LogP contribution is -2.62. The molecule has 1 aliphatic rings. The summed E-state index contributed by atoms with van der Waals surface area (Å²) in [6.45, 7) is 3.34. The Morgan fingerprint density at radius 3 is 2.78 bits per heavy atom. The SMILES string of the molecule is CCCC1(O)CN(c2cccc(SC)c2C#N)C1. The zero-order valence-electron chi connectivity index (χ0n) is 10.8. The number of aliphatic hydroxyl groups is 1. The molecule has 2 rings (SSSR count). The third kappa shape index (κ3) is 2.33. The number of thioether (sulfide) groups is 1. The van der Waals surface area contributed by atoms with Crippen molar-refractivity contribution in [3.05, 3.63) is 23.8 Å². The molecule has 0 spiro atoms. The van der Waals surface area contributed by atoms with Crippen LogP contribution in [-0.2, 0) is 0 Å². The van der Waals surface area contributed by atoms with Crippen LogP contribution in [0.5, 0.6) is 0 Å². The van der Waals surface area contributed by atoms with Crippen LogP contribution in [-0.4, -0.2) is 30.1 Å². The van der Waals surface area contributed by atoms with E-state index in [-0.39, 0.29) is 0 Å². The van der Waals surface area contributed by atoms with Crippen LogP contribution in [0.25, 0.3) is 0 Å². The standard InChI is InChI=1S/C14H18N2OS/c1-3-7-14(17)9-16(10-14)12-5-4-6-13(18-2)11(12)8-15/h4-6,17H,3,7,9-10H2,1-2H3. The van der Waals surface area contributed by atoms with Gasteiger partial charge in [0, 0.05) is 18.0 Å². The van der Waals surface area contributed by atoms with Gasteiger partial charge in [0.25, 0.3) is 0 Å². The van der Waals surface area contributed by atoms with Gasteiger partial charge in [0.2, 0.25) is 0 Å². The maximum absolute atomic E-state index is 10.2. The van der Waals surface area contributed by atoms with E-state index in [1.807, 2.05) is 24.5 Å². The summed E-state index contributed by atoms with van der Waals surface area (Å²) in [5.74, 6) is 0. The number of anilines is 1. The maximum Gasteiger partial charge on any atom is 0.103 e. The van der Waals surface area contributed by atoms with Crippen molar-refractivity contribution >= 4 is 17.4 Å². The van der Waals surface area contributed by atoms with E-state index < -0.39 is 5.60 Å². The Balaban J connectivity index is 2.20. The fourth-order valence-electron chi connectivity index (χ4n) is 2.52. The van der Waals surface area contributed by atoms with Gasteiger partial charge in [0.05, 0.1) is 16.9 Å². The molecule has 1 aromatic rings. The average Bonchev–Trinajstić information content (AvgIpc) is 2.35. The first kappa shape index (κ1) is 13.3. The Labute approximate surface area is 112 Å². The fraction of sp³-hybridized carbons (Fsp3) is 0.500. The van der Waals surface area contributed by atoms with Crippen LogP contribution in [0.15, 0.2) is 23.1 Å². The average molecular weight is 262 g/mol. The third-order valence-electron chi connectivity index (χ3n) is 3.36. The summed E-state index contributed by atoms with van der Waals surface area (Å²) >= 11 is 1.58. The first-order valence-corrected chi connectivity index (χ1v) is 7.40. The lowest BCUT2D eigenvalue weighted by Gasteiger charge is -2.48. The fourth-order valence-corrected chi connectivity index (χ4v) is 3.09. The van der Waals surface area contributed by atoms with E-state index in [4.69, 9.17) is 0 Å². The molecule has 1 aliphatic heterocycles. The normalized spacial score (nSPS) is 17.1. The molecular weight excluding hydrogens is 244 g/mol. The van der Waals surface area contributed by atoms with Gasteiger partial charge >= 0.3 is 0 Å². The second kappa shape index (κ2) is 5.21. The van der Waals surface area contributed by atoms with Gasteiger partial charge in [0.1, 0.15) is 6.07 Å². The predicted octanol–water partition coefficient (Wildman–Crippen LogP) is 2.63. The summed E-state index contributed by atoms with van der Waals surface area (Å²) in [4.78, 5) is 3.09. The number of hydrogen-bond donors (Lipinski definition) is 1. The molecule has 0 aromatic heterocycles. The highest BCUT2D eigenvalue weighted by Crippen LogP contribution is 2.35. The van der Waals surface area contributed by atoms with E-state index in [0.29, 0.717) is 13.1 Å². The second-order valence-corrected chi connectivity index (χ2v) is 5.64. The molecule has 1 heterocycles.